The average molecular weight is 223 g/mol. The van der Waals surface area contributed by atoms with Gasteiger partial charge < -0.3 is 0 Å². The number of thiol groups is 1. The average Bonchev–Trinajstić information content (AvgIpc) is 2.69. The van der Waals surface area contributed by atoms with E-state index in [-0.39, 0.29) is 5.69 Å². The second-order valence-corrected chi connectivity index (χ2v) is 2.87. The molecule has 0 fully saturated rings. The molecule has 0 aliphatic carbocycles. The Kier molecular flexibility index (Phi) is 4.17. The third-order valence-electron chi connectivity index (χ3n) is 1.86. The van der Waals surface area contributed by atoms with Crippen molar-refractivity contribution < 1.29 is 0 Å². The van der Waals surface area contributed by atoms with Gasteiger partial charge in [0.05, 0.1) is 5.69 Å². The molecule has 0 atom stereocenters. The highest BCUT2D eigenvalue weighted by Gasteiger charge is 1.98. The molecule has 1 heterocycles. The third kappa shape index (κ3) is 2.73. The van der Waals surface area contributed by atoms with Crippen LogP contribution in [0.3, 0.4) is 0 Å². The molecule has 0 spiro atoms. The molecule has 0 saturated carbocycles. The zero-order chi connectivity index (χ0) is 11.3. The molecule has 1 N–H and O–H groups in total. The van der Waals surface area contributed by atoms with Gasteiger partial charge in [-0.05, 0) is 25.3 Å². The van der Waals surface area contributed by atoms with Crippen molar-refractivity contribution in [1.29, 1.82) is 0 Å². The Bertz CT molecular complexity index is 458. The number of nitrogens with one attached hydrogen (secondary N) is 1. The Morgan fingerprint density at radius 2 is 1.87 bits per heavy atom. The van der Waals surface area contributed by atoms with Crippen LogP contribution in [0.2, 0.25) is 0 Å². The highest BCUT2D eigenvalue weighted by molar-refractivity contribution is 7.79. The molecule has 80 valence electrons. The van der Waals surface area contributed by atoms with Gasteiger partial charge in [0.15, 0.2) is 0 Å². The molecule has 0 bridgehead atoms. The van der Waals surface area contributed by atoms with Crippen molar-refractivity contribution in [2.45, 2.75) is 6.92 Å². The van der Waals surface area contributed by atoms with E-state index in [9.17, 15) is 4.79 Å². The summed E-state index contributed by atoms with van der Waals surface area (Å²) in [5, 5.41) is 5.99. The predicted octanol–water partition coefficient (Wildman–Crippen LogP) is 1.42. The fourth-order valence-corrected chi connectivity index (χ4v) is 1.14. The van der Waals surface area contributed by atoms with Crippen LogP contribution < -0.4 is 5.69 Å². The molecule has 2 aromatic rings. The minimum Gasteiger partial charge on any atom is -0.250 e. The molecule has 1 aromatic carbocycles. The number of aryl methyl sites for hydroxylation is 1. The number of benzene rings is 1. The summed E-state index contributed by atoms with van der Waals surface area (Å²) in [5.41, 5.74) is 1.77. The molecule has 0 amide bonds. The zero-order valence-corrected chi connectivity index (χ0v) is 9.53. The topological polar surface area (TPSA) is 50.7 Å². The Balaban J connectivity index is 0.000000531. The Morgan fingerprint density at radius 3 is 2.33 bits per heavy atom. The fourth-order valence-electron chi connectivity index (χ4n) is 1.14. The van der Waals surface area contributed by atoms with Gasteiger partial charge in [0, 0.05) is 0 Å². The van der Waals surface area contributed by atoms with Gasteiger partial charge in [-0.15, -0.1) is 0 Å². The molecule has 15 heavy (non-hydrogen) atoms. The molecule has 5 heteroatoms. The number of rotatable bonds is 1. The van der Waals surface area contributed by atoms with Gasteiger partial charge in [-0.3, -0.25) is 0 Å². The zero-order valence-electron chi connectivity index (χ0n) is 8.64. The smallest absolute Gasteiger partial charge is 0.250 e. The van der Waals surface area contributed by atoms with E-state index < -0.39 is 0 Å². The van der Waals surface area contributed by atoms with Crippen LogP contribution in [0.25, 0.3) is 5.69 Å². The van der Waals surface area contributed by atoms with Crippen molar-refractivity contribution in [1.82, 2.24) is 14.8 Å². The van der Waals surface area contributed by atoms with Crippen LogP contribution >= 0.6 is 12.6 Å². The molecule has 0 saturated heterocycles. The van der Waals surface area contributed by atoms with E-state index in [2.05, 4.69) is 22.8 Å². The number of H-pyrrole nitrogens is 1. The highest BCUT2D eigenvalue weighted by atomic mass is 32.1. The number of hydrogen-bond donors (Lipinski definition) is 2. The summed E-state index contributed by atoms with van der Waals surface area (Å²) in [4.78, 5) is 11.1. The maximum Gasteiger partial charge on any atom is 0.347 e. The lowest BCUT2D eigenvalue weighted by Crippen LogP contribution is -2.13. The van der Waals surface area contributed by atoms with Crippen molar-refractivity contribution in [2.24, 2.45) is 0 Å². The lowest BCUT2D eigenvalue weighted by Gasteiger charge is -1.99. The van der Waals surface area contributed by atoms with Gasteiger partial charge in [-0.1, -0.05) is 17.7 Å². The summed E-state index contributed by atoms with van der Waals surface area (Å²) in [6.07, 6.45) is 3.16. The Hall–Kier alpha value is -1.49. The predicted molar refractivity (Wildman–Crippen MR) is 63.8 cm³/mol. The first-order valence-corrected chi connectivity index (χ1v) is 5.30. The minimum atomic E-state index is -0.219. The van der Waals surface area contributed by atoms with E-state index >= 15 is 0 Å². The lowest BCUT2D eigenvalue weighted by molar-refractivity contribution is 0.982. The molecule has 4 nitrogen and oxygen atoms in total. The molecular formula is C10H13N3OS. The van der Waals surface area contributed by atoms with Crippen molar-refractivity contribution in [3.63, 3.8) is 0 Å². The maximum absolute atomic E-state index is 11.1. The minimum absolute atomic E-state index is 0.219. The first kappa shape index (κ1) is 11.6. The van der Waals surface area contributed by atoms with Crippen LogP contribution in [0, 0.1) is 6.92 Å². The summed E-state index contributed by atoms with van der Waals surface area (Å²) >= 11 is 3.53. The highest BCUT2D eigenvalue weighted by Crippen LogP contribution is 2.05. The van der Waals surface area contributed by atoms with Crippen LogP contribution in [0.15, 0.2) is 35.4 Å². The first-order chi connectivity index (χ1) is 7.27. The Morgan fingerprint density at radius 1 is 1.27 bits per heavy atom. The van der Waals surface area contributed by atoms with E-state index in [1.54, 1.807) is 6.26 Å². The van der Waals surface area contributed by atoms with Crippen molar-refractivity contribution in [3.05, 3.63) is 46.6 Å². The van der Waals surface area contributed by atoms with E-state index in [4.69, 9.17) is 0 Å². The number of nitrogens with zero attached hydrogens (tertiary/aromatic N) is 2. The molecular weight excluding hydrogens is 210 g/mol. The number of aromatic amines is 1. The first-order valence-electron chi connectivity index (χ1n) is 4.41. The monoisotopic (exact) mass is 223 g/mol. The van der Waals surface area contributed by atoms with E-state index in [1.807, 2.05) is 31.2 Å². The largest absolute Gasteiger partial charge is 0.347 e. The van der Waals surface area contributed by atoms with E-state index in [0.29, 0.717) is 0 Å². The Labute approximate surface area is 93.4 Å². The maximum atomic E-state index is 11.1. The summed E-state index contributed by atoms with van der Waals surface area (Å²) in [7, 11) is 0. The van der Waals surface area contributed by atoms with Crippen LogP contribution in [-0.4, -0.2) is 21.0 Å². The summed E-state index contributed by atoms with van der Waals surface area (Å²) in [6.45, 7) is 2.00. The SMILES string of the molecule is CS.Cc1ccc(-n2cn[nH]c2=O)cc1. The van der Waals surface area contributed by atoms with Gasteiger partial charge >= 0.3 is 5.69 Å². The normalized spacial score (nSPS) is 9.27. The molecule has 2 rings (SSSR count). The van der Waals surface area contributed by atoms with Crippen LogP contribution in [-0.2, 0) is 0 Å². The van der Waals surface area contributed by atoms with Crippen LogP contribution in [0.1, 0.15) is 5.56 Å². The van der Waals surface area contributed by atoms with Gasteiger partial charge in [0.25, 0.3) is 0 Å². The molecule has 0 aliphatic rings. The van der Waals surface area contributed by atoms with Gasteiger partial charge in [0.2, 0.25) is 0 Å². The number of aromatic nitrogens is 3. The second-order valence-electron chi connectivity index (χ2n) is 2.87. The molecule has 0 unspecified atom stereocenters. The van der Waals surface area contributed by atoms with Gasteiger partial charge in [0.1, 0.15) is 6.33 Å². The summed E-state index contributed by atoms with van der Waals surface area (Å²) < 4.78 is 1.46. The standard InChI is InChI=1S/C9H9N3O.CH4S/c1-7-2-4-8(5-3-7)12-6-10-11-9(12)13;1-2/h2-6H,1H3,(H,11,13);2H,1H3. The van der Waals surface area contributed by atoms with E-state index in [1.165, 1.54) is 16.5 Å². The molecule has 0 radical (unpaired) electrons. The van der Waals surface area contributed by atoms with Crippen molar-refractivity contribution in [2.75, 3.05) is 6.26 Å². The molecule has 0 aliphatic heterocycles. The third-order valence-corrected chi connectivity index (χ3v) is 1.86. The van der Waals surface area contributed by atoms with Gasteiger partial charge in [-0.2, -0.15) is 17.7 Å². The van der Waals surface area contributed by atoms with Crippen LogP contribution in [0.4, 0.5) is 0 Å². The van der Waals surface area contributed by atoms with Gasteiger partial charge in [-0.25, -0.2) is 14.5 Å². The summed E-state index contributed by atoms with van der Waals surface area (Å²) in [5.74, 6) is 0. The molecule has 1 aromatic heterocycles. The fraction of sp³-hybridized carbons (Fsp3) is 0.200. The lowest BCUT2D eigenvalue weighted by atomic mass is 10.2. The van der Waals surface area contributed by atoms with Crippen molar-refractivity contribution in [3.8, 4) is 5.69 Å². The number of hydrogen-bond acceptors (Lipinski definition) is 3. The van der Waals surface area contributed by atoms with E-state index in [0.717, 1.165) is 5.69 Å². The van der Waals surface area contributed by atoms with Crippen molar-refractivity contribution >= 4 is 12.6 Å². The summed E-state index contributed by atoms with van der Waals surface area (Å²) in [6, 6.07) is 7.67. The second kappa shape index (κ2) is 5.41. The quantitative estimate of drug-likeness (QED) is 0.718. The van der Waals surface area contributed by atoms with Crippen LogP contribution in [0.5, 0.6) is 0 Å².